The third kappa shape index (κ3) is 4.45. The molecule has 2 rings (SSSR count). The number of halogens is 6. The lowest BCUT2D eigenvalue weighted by molar-refractivity contribution is -0.184. The zero-order chi connectivity index (χ0) is 18.1. The molecule has 0 aromatic heterocycles. The van der Waals surface area contributed by atoms with E-state index in [0.717, 1.165) is 11.0 Å². The molecule has 1 N–H and O–H groups in total. The van der Waals surface area contributed by atoms with Crippen molar-refractivity contribution in [1.29, 1.82) is 0 Å². The SMILES string of the molecule is CC(NC(=O)N1CCCC(C(F)(F)F)C1)c1cc(F)c(Cl)cc1Cl. The highest BCUT2D eigenvalue weighted by atomic mass is 35.5. The van der Waals surface area contributed by atoms with Crippen LogP contribution < -0.4 is 5.32 Å². The Labute approximate surface area is 146 Å². The summed E-state index contributed by atoms with van der Waals surface area (Å²) in [5, 5.41) is 2.57. The van der Waals surface area contributed by atoms with Crippen LogP contribution in [0.2, 0.25) is 10.0 Å². The molecule has 1 saturated heterocycles. The summed E-state index contributed by atoms with van der Waals surface area (Å²) >= 11 is 11.6. The number of hydrogen-bond donors (Lipinski definition) is 1. The molecule has 1 aromatic carbocycles. The molecule has 0 bridgehead atoms. The highest BCUT2D eigenvalue weighted by molar-refractivity contribution is 6.35. The van der Waals surface area contributed by atoms with E-state index in [1.54, 1.807) is 6.92 Å². The van der Waals surface area contributed by atoms with Crippen LogP contribution in [0.1, 0.15) is 31.4 Å². The summed E-state index contributed by atoms with van der Waals surface area (Å²) in [6.45, 7) is 1.43. The summed E-state index contributed by atoms with van der Waals surface area (Å²) in [5.41, 5.74) is 0.302. The van der Waals surface area contributed by atoms with Crippen molar-refractivity contribution in [1.82, 2.24) is 10.2 Å². The Morgan fingerprint density at radius 3 is 2.62 bits per heavy atom. The second kappa shape index (κ2) is 7.35. The van der Waals surface area contributed by atoms with Gasteiger partial charge in [0.05, 0.1) is 17.0 Å². The lowest BCUT2D eigenvalue weighted by atomic mass is 9.98. The van der Waals surface area contributed by atoms with E-state index in [1.165, 1.54) is 6.07 Å². The number of likely N-dealkylation sites (tertiary alicyclic amines) is 1. The van der Waals surface area contributed by atoms with Gasteiger partial charge in [0.2, 0.25) is 0 Å². The molecule has 0 radical (unpaired) electrons. The van der Waals surface area contributed by atoms with E-state index in [1.807, 2.05) is 0 Å². The van der Waals surface area contributed by atoms with Gasteiger partial charge in [0.1, 0.15) is 5.82 Å². The third-order valence-corrected chi connectivity index (χ3v) is 4.63. The molecule has 2 atom stereocenters. The molecule has 24 heavy (non-hydrogen) atoms. The van der Waals surface area contributed by atoms with Gasteiger partial charge >= 0.3 is 12.2 Å². The smallest absolute Gasteiger partial charge is 0.331 e. The Balaban J connectivity index is 2.05. The molecule has 1 aliphatic heterocycles. The molecule has 1 aromatic rings. The zero-order valence-electron chi connectivity index (χ0n) is 12.8. The minimum Gasteiger partial charge on any atom is -0.331 e. The first kappa shape index (κ1) is 19.1. The fraction of sp³-hybridized carbons (Fsp3) is 0.533. The van der Waals surface area contributed by atoms with Crippen LogP contribution in [0.4, 0.5) is 22.4 Å². The molecule has 9 heteroatoms. The van der Waals surface area contributed by atoms with Gasteiger partial charge in [-0.1, -0.05) is 23.2 Å². The minimum absolute atomic E-state index is 0.0110. The van der Waals surface area contributed by atoms with Crippen molar-refractivity contribution in [3.8, 4) is 0 Å². The number of urea groups is 1. The molecule has 0 spiro atoms. The summed E-state index contributed by atoms with van der Waals surface area (Å²) in [5.74, 6) is -2.21. The molecule has 1 heterocycles. The van der Waals surface area contributed by atoms with E-state index in [2.05, 4.69) is 5.32 Å². The fourth-order valence-electron chi connectivity index (χ4n) is 2.65. The maximum Gasteiger partial charge on any atom is 0.393 e. The number of hydrogen-bond acceptors (Lipinski definition) is 1. The van der Waals surface area contributed by atoms with Gasteiger partial charge in [0, 0.05) is 18.1 Å². The number of nitrogens with one attached hydrogen (secondary N) is 1. The summed E-state index contributed by atoms with van der Waals surface area (Å²) in [6.07, 6.45) is -4.04. The first-order valence-corrected chi connectivity index (χ1v) is 8.11. The van der Waals surface area contributed by atoms with E-state index < -0.39 is 30.0 Å². The number of piperidine rings is 1. The van der Waals surface area contributed by atoms with Crippen LogP contribution in [-0.2, 0) is 0 Å². The second-order valence-corrected chi connectivity index (χ2v) is 6.60. The summed E-state index contributed by atoms with van der Waals surface area (Å²) in [4.78, 5) is 13.3. The van der Waals surface area contributed by atoms with Gasteiger partial charge in [0.25, 0.3) is 0 Å². The Kier molecular flexibility index (Phi) is 5.86. The van der Waals surface area contributed by atoms with Crippen LogP contribution in [0.25, 0.3) is 0 Å². The van der Waals surface area contributed by atoms with Gasteiger partial charge in [-0.05, 0) is 37.5 Å². The summed E-state index contributed by atoms with van der Waals surface area (Å²) in [6, 6.07) is 1.01. The Hall–Kier alpha value is -1.21. The van der Waals surface area contributed by atoms with Crippen LogP contribution >= 0.6 is 23.2 Å². The van der Waals surface area contributed by atoms with Gasteiger partial charge in [-0.2, -0.15) is 13.2 Å². The highest BCUT2D eigenvalue weighted by Gasteiger charge is 2.42. The lowest BCUT2D eigenvalue weighted by Gasteiger charge is -2.34. The Bertz CT molecular complexity index is 624. The average molecular weight is 387 g/mol. The third-order valence-electron chi connectivity index (χ3n) is 4.02. The van der Waals surface area contributed by atoms with Crippen molar-refractivity contribution in [2.24, 2.45) is 5.92 Å². The van der Waals surface area contributed by atoms with Gasteiger partial charge in [-0.25, -0.2) is 9.18 Å². The van der Waals surface area contributed by atoms with Gasteiger partial charge in [-0.15, -0.1) is 0 Å². The van der Waals surface area contributed by atoms with Crippen molar-refractivity contribution in [3.05, 3.63) is 33.6 Å². The number of rotatable bonds is 2. The molecule has 2 amide bonds. The minimum atomic E-state index is -4.33. The normalized spacial score (nSPS) is 20.0. The molecule has 1 fully saturated rings. The summed E-state index contributed by atoms with van der Waals surface area (Å²) in [7, 11) is 0. The molecule has 3 nitrogen and oxygen atoms in total. The topological polar surface area (TPSA) is 32.3 Å². The molecule has 0 saturated carbocycles. The average Bonchev–Trinajstić information content (AvgIpc) is 2.50. The Morgan fingerprint density at radius 2 is 2.00 bits per heavy atom. The molecule has 1 aliphatic rings. The van der Waals surface area contributed by atoms with Crippen LogP contribution in [-0.4, -0.2) is 30.2 Å². The predicted molar refractivity (Wildman–Crippen MR) is 83.7 cm³/mol. The van der Waals surface area contributed by atoms with Crippen molar-refractivity contribution < 1.29 is 22.4 Å². The van der Waals surface area contributed by atoms with Crippen LogP contribution in [0.15, 0.2) is 12.1 Å². The first-order chi connectivity index (χ1) is 11.1. The lowest BCUT2D eigenvalue weighted by Crippen LogP contribution is -2.49. The van der Waals surface area contributed by atoms with Crippen molar-refractivity contribution in [2.45, 2.75) is 32.0 Å². The van der Waals surface area contributed by atoms with Crippen molar-refractivity contribution in [2.75, 3.05) is 13.1 Å². The quantitative estimate of drug-likeness (QED) is 0.551. The zero-order valence-corrected chi connectivity index (χ0v) is 14.3. The van der Waals surface area contributed by atoms with Gasteiger partial charge < -0.3 is 10.2 Å². The van der Waals surface area contributed by atoms with Crippen molar-refractivity contribution >= 4 is 29.2 Å². The monoisotopic (exact) mass is 386 g/mol. The van der Waals surface area contributed by atoms with Crippen molar-refractivity contribution in [3.63, 3.8) is 0 Å². The van der Waals surface area contributed by atoms with E-state index in [4.69, 9.17) is 23.2 Å². The number of carbonyl (C=O) groups is 1. The Morgan fingerprint density at radius 1 is 1.33 bits per heavy atom. The standard InChI is InChI=1S/C15H16Cl2F4N2O/c1-8(10-5-13(18)12(17)6-11(10)16)22-14(24)23-4-2-3-9(7-23)15(19,20)21/h5-6,8-9H,2-4,7H2,1H3,(H,22,24). The molecular weight excluding hydrogens is 371 g/mol. The number of amides is 2. The maximum atomic E-state index is 13.6. The van der Waals surface area contributed by atoms with Gasteiger partial charge in [0.15, 0.2) is 0 Å². The van der Waals surface area contributed by atoms with E-state index in [0.29, 0.717) is 5.56 Å². The van der Waals surface area contributed by atoms with Crippen LogP contribution in [0, 0.1) is 11.7 Å². The molecule has 134 valence electrons. The number of alkyl halides is 3. The molecular formula is C15H16Cl2F4N2O. The van der Waals surface area contributed by atoms with E-state index in [9.17, 15) is 22.4 Å². The van der Waals surface area contributed by atoms with E-state index in [-0.39, 0.29) is 36.0 Å². The molecule has 2 unspecified atom stereocenters. The van der Waals surface area contributed by atoms with Crippen LogP contribution in [0.5, 0.6) is 0 Å². The number of benzene rings is 1. The highest BCUT2D eigenvalue weighted by Crippen LogP contribution is 2.33. The number of nitrogens with zero attached hydrogens (tertiary/aromatic N) is 1. The number of carbonyl (C=O) groups excluding carboxylic acids is 1. The molecule has 0 aliphatic carbocycles. The first-order valence-electron chi connectivity index (χ1n) is 7.36. The second-order valence-electron chi connectivity index (χ2n) is 5.79. The fourth-order valence-corrected chi connectivity index (χ4v) is 3.20. The largest absolute Gasteiger partial charge is 0.393 e. The predicted octanol–water partition coefficient (Wildman–Crippen LogP) is 5.18. The van der Waals surface area contributed by atoms with Gasteiger partial charge in [-0.3, -0.25) is 0 Å². The van der Waals surface area contributed by atoms with E-state index >= 15 is 0 Å². The van der Waals surface area contributed by atoms with Crippen LogP contribution in [0.3, 0.4) is 0 Å². The maximum absolute atomic E-state index is 13.6. The summed E-state index contributed by atoms with van der Waals surface area (Å²) < 4.78 is 52.0.